The van der Waals surface area contributed by atoms with Crippen LogP contribution in [0.25, 0.3) is 0 Å². The molecule has 160 valence electrons. The third-order valence-corrected chi connectivity index (χ3v) is 6.51. The standard InChI is InChI=1S/C24H23Cl2N3O2/c25-20-10-4-6-16(22(20)26)11-12-27-23(30)17-7-3-5-15(13-17)14-21-18-8-1-2-9-19(18)24(31)29-28-21/h3-7,10,13H,1-2,8-9,11-12,14H2,(H,27,30)(H,29,31). The van der Waals surface area contributed by atoms with Crippen LogP contribution in [-0.2, 0) is 25.7 Å². The molecule has 1 heterocycles. The van der Waals surface area contributed by atoms with Gasteiger partial charge in [-0.3, -0.25) is 9.59 Å². The van der Waals surface area contributed by atoms with Crippen molar-refractivity contribution in [1.82, 2.24) is 15.5 Å². The van der Waals surface area contributed by atoms with Gasteiger partial charge in [-0.25, -0.2) is 5.10 Å². The lowest BCUT2D eigenvalue weighted by molar-refractivity contribution is 0.0954. The summed E-state index contributed by atoms with van der Waals surface area (Å²) >= 11 is 12.3. The lowest BCUT2D eigenvalue weighted by Gasteiger charge is -2.17. The van der Waals surface area contributed by atoms with Gasteiger partial charge in [0.1, 0.15) is 0 Å². The number of halogens is 2. The Morgan fingerprint density at radius 3 is 2.68 bits per heavy atom. The molecular formula is C24H23Cl2N3O2. The number of fused-ring (bicyclic) bond motifs is 1. The number of benzene rings is 2. The topological polar surface area (TPSA) is 74.8 Å². The predicted octanol–water partition coefficient (Wildman–Crippen LogP) is 4.52. The maximum absolute atomic E-state index is 12.6. The molecule has 0 atom stereocenters. The number of H-pyrrole nitrogens is 1. The average molecular weight is 456 g/mol. The lowest BCUT2D eigenvalue weighted by Crippen LogP contribution is -2.26. The van der Waals surface area contributed by atoms with Gasteiger partial charge >= 0.3 is 0 Å². The molecule has 0 aliphatic heterocycles. The minimum absolute atomic E-state index is 0.0774. The SMILES string of the molecule is O=C(NCCc1cccc(Cl)c1Cl)c1cccc(Cc2n[nH]c(=O)c3c2CCCC3)c1. The van der Waals surface area contributed by atoms with Crippen LogP contribution < -0.4 is 10.9 Å². The first kappa shape index (κ1) is 21.6. The van der Waals surface area contributed by atoms with E-state index >= 15 is 0 Å². The van der Waals surface area contributed by atoms with Crippen LogP contribution in [0.4, 0.5) is 0 Å². The van der Waals surface area contributed by atoms with Gasteiger partial charge in [-0.15, -0.1) is 0 Å². The highest BCUT2D eigenvalue weighted by atomic mass is 35.5. The number of amides is 1. The number of rotatable bonds is 6. The van der Waals surface area contributed by atoms with Crippen molar-refractivity contribution >= 4 is 29.1 Å². The number of hydrogen-bond donors (Lipinski definition) is 2. The molecule has 2 aromatic carbocycles. The Labute approximate surface area is 190 Å². The number of carbonyl (C=O) groups excluding carboxylic acids is 1. The second-order valence-electron chi connectivity index (χ2n) is 7.76. The van der Waals surface area contributed by atoms with Crippen LogP contribution in [0.1, 0.15) is 51.1 Å². The predicted molar refractivity (Wildman–Crippen MR) is 123 cm³/mol. The third-order valence-electron chi connectivity index (χ3n) is 5.65. The van der Waals surface area contributed by atoms with Gasteiger partial charge < -0.3 is 5.32 Å². The first-order valence-corrected chi connectivity index (χ1v) is 11.2. The molecule has 1 aromatic heterocycles. The first-order chi connectivity index (χ1) is 15.0. The molecule has 7 heteroatoms. The smallest absolute Gasteiger partial charge is 0.267 e. The van der Waals surface area contributed by atoms with E-state index in [1.807, 2.05) is 30.3 Å². The molecular weight excluding hydrogens is 433 g/mol. The average Bonchev–Trinajstić information content (AvgIpc) is 2.79. The van der Waals surface area contributed by atoms with Gasteiger partial charge in [-0.2, -0.15) is 5.10 Å². The summed E-state index contributed by atoms with van der Waals surface area (Å²) in [5.74, 6) is -0.142. The normalized spacial score (nSPS) is 13.0. The highest BCUT2D eigenvalue weighted by Gasteiger charge is 2.18. The molecule has 0 fully saturated rings. The summed E-state index contributed by atoms with van der Waals surface area (Å²) < 4.78 is 0. The molecule has 31 heavy (non-hydrogen) atoms. The maximum Gasteiger partial charge on any atom is 0.267 e. The fourth-order valence-electron chi connectivity index (χ4n) is 4.04. The quantitative estimate of drug-likeness (QED) is 0.573. The molecule has 0 bridgehead atoms. The van der Waals surface area contributed by atoms with Crippen LogP contribution in [-0.4, -0.2) is 22.6 Å². The summed E-state index contributed by atoms with van der Waals surface area (Å²) in [5.41, 5.74) is 5.23. The van der Waals surface area contributed by atoms with Crippen LogP contribution in [0.2, 0.25) is 10.0 Å². The van der Waals surface area contributed by atoms with E-state index in [1.165, 1.54) is 0 Å². The first-order valence-electron chi connectivity index (χ1n) is 10.4. The second-order valence-corrected chi connectivity index (χ2v) is 8.54. The molecule has 1 amide bonds. The summed E-state index contributed by atoms with van der Waals surface area (Å²) in [7, 11) is 0. The van der Waals surface area contributed by atoms with Gasteiger partial charge in [-0.05, 0) is 67.0 Å². The van der Waals surface area contributed by atoms with E-state index < -0.39 is 0 Å². The van der Waals surface area contributed by atoms with Crippen LogP contribution >= 0.6 is 23.2 Å². The van der Waals surface area contributed by atoms with Crippen LogP contribution in [0.5, 0.6) is 0 Å². The van der Waals surface area contributed by atoms with E-state index in [0.717, 1.165) is 53.6 Å². The van der Waals surface area contributed by atoms with Crippen molar-refractivity contribution in [2.24, 2.45) is 0 Å². The van der Waals surface area contributed by atoms with E-state index in [2.05, 4.69) is 15.5 Å². The molecule has 0 spiro atoms. The zero-order chi connectivity index (χ0) is 21.8. The minimum atomic E-state index is -0.142. The molecule has 1 aliphatic carbocycles. The van der Waals surface area contributed by atoms with Crippen molar-refractivity contribution in [1.29, 1.82) is 0 Å². The van der Waals surface area contributed by atoms with Crippen molar-refractivity contribution in [2.45, 2.75) is 38.5 Å². The van der Waals surface area contributed by atoms with E-state index in [9.17, 15) is 9.59 Å². The van der Waals surface area contributed by atoms with Gasteiger partial charge in [0.2, 0.25) is 0 Å². The summed E-state index contributed by atoms with van der Waals surface area (Å²) in [5, 5.41) is 10.9. The molecule has 2 N–H and O–H groups in total. The van der Waals surface area contributed by atoms with Crippen molar-refractivity contribution < 1.29 is 4.79 Å². The highest BCUT2D eigenvalue weighted by molar-refractivity contribution is 6.42. The Kier molecular flexibility index (Phi) is 6.73. The van der Waals surface area contributed by atoms with E-state index in [0.29, 0.717) is 35.0 Å². The monoisotopic (exact) mass is 455 g/mol. The minimum Gasteiger partial charge on any atom is -0.352 e. The molecule has 0 radical (unpaired) electrons. The Bertz CT molecular complexity index is 1170. The fourth-order valence-corrected chi connectivity index (χ4v) is 4.46. The van der Waals surface area contributed by atoms with Crippen molar-refractivity contribution in [3.05, 3.63) is 96.4 Å². The van der Waals surface area contributed by atoms with Crippen LogP contribution in [0.15, 0.2) is 47.3 Å². The lowest BCUT2D eigenvalue weighted by atomic mass is 9.90. The van der Waals surface area contributed by atoms with Gasteiger partial charge in [0.25, 0.3) is 11.5 Å². The fraction of sp³-hybridized carbons (Fsp3) is 0.292. The van der Waals surface area contributed by atoms with Crippen molar-refractivity contribution in [3.63, 3.8) is 0 Å². The van der Waals surface area contributed by atoms with Gasteiger partial charge in [-0.1, -0.05) is 47.5 Å². The summed E-state index contributed by atoms with van der Waals surface area (Å²) in [6, 6.07) is 13.0. The van der Waals surface area contributed by atoms with E-state index in [4.69, 9.17) is 23.2 Å². The number of nitrogens with one attached hydrogen (secondary N) is 2. The highest BCUT2D eigenvalue weighted by Crippen LogP contribution is 2.25. The Hall–Kier alpha value is -2.63. The van der Waals surface area contributed by atoms with E-state index in [1.54, 1.807) is 12.1 Å². The van der Waals surface area contributed by atoms with Crippen LogP contribution in [0.3, 0.4) is 0 Å². The summed E-state index contributed by atoms with van der Waals surface area (Å²) in [6.45, 7) is 0.456. The number of aromatic nitrogens is 2. The van der Waals surface area contributed by atoms with Gasteiger partial charge in [0, 0.05) is 24.1 Å². The third kappa shape index (κ3) is 5.00. The maximum atomic E-state index is 12.6. The van der Waals surface area contributed by atoms with E-state index in [-0.39, 0.29) is 11.5 Å². The number of aromatic amines is 1. The zero-order valence-electron chi connectivity index (χ0n) is 17.0. The largest absolute Gasteiger partial charge is 0.352 e. The Morgan fingerprint density at radius 1 is 1.06 bits per heavy atom. The Morgan fingerprint density at radius 2 is 1.84 bits per heavy atom. The number of hydrogen-bond acceptors (Lipinski definition) is 3. The number of nitrogens with zero attached hydrogens (tertiary/aromatic N) is 1. The molecule has 4 rings (SSSR count). The number of carbonyl (C=O) groups is 1. The molecule has 1 aliphatic rings. The molecule has 5 nitrogen and oxygen atoms in total. The van der Waals surface area contributed by atoms with Crippen molar-refractivity contribution in [2.75, 3.05) is 6.54 Å². The zero-order valence-corrected chi connectivity index (χ0v) is 18.5. The van der Waals surface area contributed by atoms with Gasteiger partial charge in [0.15, 0.2) is 0 Å². The molecule has 0 saturated heterocycles. The molecule has 0 saturated carbocycles. The molecule has 3 aromatic rings. The summed E-state index contributed by atoms with van der Waals surface area (Å²) in [6.07, 6.45) is 4.98. The van der Waals surface area contributed by atoms with Gasteiger partial charge in [0.05, 0.1) is 15.7 Å². The summed E-state index contributed by atoms with van der Waals surface area (Å²) in [4.78, 5) is 24.7. The van der Waals surface area contributed by atoms with Crippen LogP contribution in [0, 0.1) is 0 Å². The molecule has 0 unspecified atom stereocenters. The second kappa shape index (κ2) is 9.67. The van der Waals surface area contributed by atoms with Crippen molar-refractivity contribution in [3.8, 4) is 0 Å². The Balaban J connectivity index is 1.43.